The highest BCUT2D eigenvalue weighted by Crippen LogP contribution is 2.44. The molecule has 456 valence electrons. The van der Waals surface area contributed by atoms with Gasteiger partial charge in [0.1, 0.15) is 48.9 Å². The third-order valence-electron chi connectivity index (χ3n) is 16.4. The van der Waals surface area contributed by atoms with Gasteiger partial charge in [-0.15, -0.1) is 0 Å². The molecule has 2 saturated heterocycles. The van der Waals surface area contributed by atoms with E-state index in [4.69, 9.17) is 13.9 Å². The van der Waals surface area contributed by atoms with E-state index in [0.717, 1.165) is 182 Å². The minimum absolute atomic E-state index is 0. The predicted octanol–water partition coefficient (Wildman–Crippen LogP) is 3.07. The normalized spacial score (nSPS) is 13.5. The van der Waals surface area contributed by atoms with Crippen molar-refractivity contribution in [2.45, 2.75) is 55.4 Å². The number of β-amino-alcohol motifs (C(OH)–C–C–N with tert-alkyl or cyclic N) is 2. The number of aliphatic hydroxyl groups excluding tert-OH is 2. The number of nitrogens with one attached hydrogen (secondary N) is 1. The number of rotatable bonds is 18. The highest BCUT2D eigenvalue weighted by molar-refractivity contribution is 6.10. The molecule has 17 heteroatoms. The first kappa shape index (κ1) is 67.3. The maximum atomic E-state index is 14.0. The number of benzene rings is 6. The molecule has 0 bridgehead atoms. The molecule has 4 N–H and O–H groups in total. The fraction of sp³-hybridized carbons (Fsp3) is 0.412. The van der Waals surface area contributed by atoms with E-state index in [1.165, 1.54) is 0 Å². The fourth-order valence-electron chi connectivity index (χ4n) is 11.8. The van der Waals surface area contributed by atoms with Gasteiger partial charge in [0.25, 0.3) is 5.91 Å². The molecule has 0 radical (unpaired) electrons. The van der Waals surface area contributed by atoms with Crippen molar-refractivity contribution in [2.24, 2.45) is 0 Å². The predicted molar refractivity (Wildman–Crippen MR) is 339 cm³/mol. The first-order chi connectivity index (χ1) is 40.5. The van der Waals surface area contributed by atoms with Crippen LogP contribution in [-0.4, -0.2) is 173 Å². The number of hydrogen-bond donors (Lipinski definition) is 4. The van der Waals surface area contributed by atoms with E-state index >= 15 is 0 Å². The Morgan fingerprint density at radius 2 is 0.918 bits per heavy atom. The molecule has 0 spiro atoms. The molecule has 0 unspecified atom stereocenters. The molecule has 2 aliphatic carbocycles. The zero-order valence-corrected chi connectivity index (χ0v) is 52.6. The van der Waals surface area contributed by atoms with Gasteiger partial charge in [0, 0.05) is 166 Å². The Balaban J connectivity index is 0.000000236. The largest absolute Gasteiger partial charge is 1.00 e. The maximum Gasteiger partial charge on any atom is 0.336 e. The number of anilines is 2. The van der Waals surface area contributed by atoms with Crippen LogP contribution in [0.15, 0.2) is 130 Å². The van der Waals surface area contributed by atoms with Crippen molar-refractivity contribution in [3.63, 3.8) is 0 Å². The first-order valence-electron chi connectivity index (χ1n) is 30.2. The molecule has 0 atom stereocenters. The van der Waals surface area contributed by atoms with Gasteiger partial charge in [-0.05, 0) is 115 Å². The molecule has 6 aliphatic rings. The number of piperazine rings is 2. The van der Waals surface area contributed by atoms with Crippen LogP contribution in [0.25, 0.3) is 66.8 Å². The number of carbonyl (C=O) groups is 2. The highest BCUT2D eigenvalue weighted by atomic mass is 35.5. The summed E-state index contributed by atoms with van der Waals surface area (Å²) in [6, 6.07) is 40.5. The Hall–Kier alpha value is -6.82. The van der Waals surface area contributed by atoms with Crippen LogP contribution in [0, 0.1) is 0 Å². The Morgan fingerprint density at radius 1 is 0.506 bits per heavy atom. The van der Waals surface area contributed by atoms with Crippen LogP contribution in [0.5, 0.6) is 0 Å². The van der Waals surface area contributed by atoms with Gasteiger partial charge in [-0.2, -0.15) is 0 Å². The Morgan fingerprint density at radius 3 is 1.33 bits per heavy atom. The van der Waals surface area contributed by atoms with Crippen LogP contribution in [0.2, 0.25) is 0 Å². The smallest absolute Gasteiger partial charge is 0.336 e. The second-order valence-electron chi connectivity index (χ2n) is 20.9. The molecule has 0 saturated carbocycles. The summed E-state index contributed by atoms with van der Waals surface area (Å²) in [5.41, 5.74) is 10.2. The van der Waals surface area contributed by atoms with Crippen LogP contribution < -0.4 is 59.8 Å². The minimum atomic E-state index is -0.938. The van der Waals surface area contributed by atoms with Crippen molar-refractivity contribution in [3.8, 4) is 44.9 Å². The van der Waals surface area contributed by atoms with E-state index in [2.05, 4.69) is 168 Å². The number of aliphatic hydroxyl groups is 2. The Bertz CT molecular complexity index is 3530. The lowest BCUT2D eigenvalue weighted by Crippen LogP contribution is -3.00. The fourth-order valence-corrected chi connectivity index (χ4v) is 11.8. The number of carboxylic acid groups (broad SMARTS) is 1. The maximum absolute atomic E-state index is 14.0. The van der Waals surface area contributed by atoms with Gasteiger partial charge < -0.3 is 69.0 Å². The summed E-state index contributed by atoms with van der Waals surface area (Å²) >= 11 is 0. The van der Waals surface area contributed by atoms with Crippen molar-refractivity contribution < 1.29 is 58.6 Å². The van der Waals surface area contributed by atoms with Crippen molar-refractivity contribution in [3.05, 3.63) is 143 Å². The number of aromatic carboxylic acids is 1. The second-order valence-corrected chi connectivity index (χ2v) is 20.9. The zero-order chi connectivity index (χ0) is 59.0. The third-order valence-corrected chi connectivity index (χ3v) is 16.4. The lowest BCUT2D eigenvalue weighted by molar-refractivity contribution is -0.001000. The first-order valence-corrected chi connectivity index (χ1v) is 30.2. The van der Waals surface area contributed by atoms with Gasteiger partial charge in [-0.3, -0.25) is 14.6 Å². The minimum Gasteiger partial charge on any atom is -1.00 e. The third kappa shape index (κ3) is 15.6. The highest BCUT2D eigenvalue weighted by Gasteiger charge is 2.28. The summed E-state index contributed by atoms with van der Waals surface area (Å²) < 4.78 is 17.7. The zero-order valence-electron chi connectivity index (χ0n) is 51.1. The van der Waals surface area contributed by atoms with E-state index in [9.17, 15) is 19.8 Å². The summed E-state index contributed by atoms with van der Waals surface area (Å²) in [5.74, 6) is 0.672. The van der Waals surface area contributed by atoms with Crippen LogP contribution in [-0.2, 0) is 0 Å². The molecule has 2 fully saturated rings. The number of halogens is 2. The number of amides is 1. The van der Waals surface area contributed by atoms with Crippen molar-refractivity contribution in [1.82, 2.24) is 29.2 Å². The monoisotopic (exact) mass is 1200 g/mol. The summed E-state index contributed by atoms with van der Waals surface area (Å²) in [7, 11) is 0. The Labute approximate surface area is 514 Å². The lowest BCUT2D eigenvalue weighted by atomic mass is 9.90. The molecule has 4 aromatic rings. The van der Waals surface area contributed by atoms with Gasteiger partial charge in [0.15, 0.2) is 0 Å². The van der Waals surface area contributed by atoms with Crippen LogP contribution in [0.1, 0.15) is 76.1 Å². The van der Waals surface area contributed by atoms with Gasteiger partial charge in [-0.1, -0.05) is 36.4 Å². The SMILES string of the molecule is CCN(CC)c1ccc2c(-c3ccccc3C(=O)N3CCN(CCO)CC3)c3ccc(=[N+](CC)CC)cc-3oc2c1.CCN(CC)c1ccc2c(-c3ccccc3C(=O)O)c3ccc(=[N+](CC)CC)cc-3oc2c1.OCCN1CCNCC1.[Cl-].[Cl-]. The topological polar surface area (TPSA) is 155 Å². The van der Waals surface area contributed by atoms with E-state index < -0.39 is 5.97 Å². The standard InChI is InChI=1S/C34H43N4O3.C28H30N2O3.C6H14N2O.2ClH/c1-5-36(6-2)25-13-15-29-31(23-25)41-32-24-26(37(7-3)8-4)14-16-30(32)33(29)27-11-9-10-12-28(27)34(40)38-19-17-35(18-20-38)21-22-39;1-5-29(6-2)19-13-15-23-25(17-19)33-26-18-20(30(7-3)8-4)14-16-24(26)27(23)21-11-9-10-12-22(21)28(31)32;9-6-5-8-3-1-7-2-4-8;;/h9-16,23-24,39H,5-8,17-22H2,1-4H3;9-18H,5-8H2,1-4H3;7,9H,1-6H2;2*1H/q+1;;;;/p-1. The molecule has 4 heterocycles. The second kappa shape index (κ2) is 32.6. The molecule has 4 aliphatic heterocycles. The number of hydrogen-bond acceptors (Lipinski definition) is 11. The summed E-state index contributed by atoms with van der Waals surface area (Å²) in [6.45, 7) is 33.5. The van der Waals surface area contributed by atoms with Crippen molar-refractivity contribution in [2.75, 3.05) is 141 Å². The molecule has 15 nitrogen and oxygen atoms in total. The molecule has 85 heavy (non-hydrogen) atoms. The quantitative estimate of drug-likeness (QED) is 0.0738. The number of nitrogens with zero attached hydrogens (tertiary/aromatic N) is 7. The van der Waals surface area contributed by atoms with Gasteiger partial charge in [-0.25, -0.2) is 13.9 Å². The number of carbonyl (C=O) groups excluding carboxylic acids is 1. The van der Waals surface area contributed by atoms with Crippen molar-refractivity contribution >= 4 is 45.2 Å². The van der Waals surface area contributed by atoms with Crippen LogP contribution >= 0.6 is 0 Å². The van der Waals surface area contributed by atoms with E-state index in [0.29, 0.717) is 37.4 Å². The van der Waals surface area contributed by atoms with E-state index in [-0.39, 0.29) is 42.9 Å². The average Bonchev–Trinajstić information content (AvgIpc) is 2.08. The van der Waals surface area contributed by atoms with Crippen molar-refractivity contribution in [1.29, 1.82) is 0 Å². The van der Waals surface area contributed by atoms with Gasteiger partial charge >= 0.3 is 5.97 Å². The lowest BCUT2D eigenvalue weighted by Gasteiger charge is -2.34. The molecular formula is C68H88Cl2N8O7. The molecule has 10 rings (SSSR count). The van der Waals surface area contributed by atoms with E-state index in [1.54, 1.807) is 12.1 Å². The van der Waals surface area contributed by atoms with Gasteiger partial charge in [0.2, 0.25) is 10.7 Å². The summed E-state index contributed by atoms with van der Waals surface area (Å²) in [6.07, 6.45) is 0. The molecule has 1 amide bonds. The van der Waals surface area contributed by atoms with Gasteiger partial charge in [0.05, 0.1) is 30.9 Å². The molecular weight excluding hydrogens is 1110 g/mol. The summed E-state index contributed by atoms with van der Waals surface area (Å²) in [4.78, 5) is 37.1. The number of fused-ring (bicyclic) bond motifs is 4. The summed E-state index contributed by atoms with van der Waals surface area (Å²) in [5, 5.41) is 35.1. The average molecular weight is 1200 g/mol. The molecule has 0 aromatic heterocycles. The van der Waals surface area contributed by atoms with Crippen LogP contribution in [0.4, 0.5) is 11.4 Å². The molecule has 4 aromatic carbocycles. The number of carboxylic acids is 1. The van der Waals surface area contributed by atoms with E-state index in [1.807, 2.05) is 35.2 Å². The van der Waals surface area contributed by atoms with Crippen LogP contribution in [0.3, 0.4) is 0 Å². The Kier molecular flexibility index (Phi) is 25.8.